The molecule has 0 aromatic heterocycles. The summed E-state index contributed by atoms with van der Waals surface area (Å²) in [6.07, 6.45) is 2.57. The Morgan fingerprint density at radius 3 is 2.35 bits per heavy atom. The third-order valence-electron chi connectivity index (χ3n) is 3.58. The van der Waals surface area contributed by atoms with Gasteiger partial charge in [0.05, 0.1) is 13.2 Å². The Bertz CT molecular complexity index is 242. The molecular weight excluding hydrogens is 220 g/mol. The summed E-state index contributed by atoms with van der Waals surface area (Å²) in [7, 11) is 0. The molecule has 0 radical (unpaired) electrons. The molecule has 1 rings (SSSR count). The van der Waals surface area contributed by atoms with Gasteiger partial charge in [-0.05, 0) is 25.2 Å². The average molecular weight is 244 g/mol. The lowest BCUT2D eigenvalue weighted by Gasteiger charge is -2.35. The Hall–Kier alpha value is -0.650. The first kappa shape index (κ1) is 14.4. The highest BCUT2D eigenvalue weighted by Gasteiger charge is 2.33. The number of hydrogen-bond acceptors (Lipinski definition) is 4. The summed E-state index contributed by atoms with van der Waals surface area (Å²) in [5.74, 6) is 0.325. The molecule has 0 saturated heterocycles. The molecule has 0 spiro atoms. The molecule has 1 amide bonds. The zero-order valence-electron chi connectivity index (χ0n) is 10.5. The van der Waals surface area contributed by atoms with Crippen LogP contribution in [0.4, 0.5) is 0 Å². The normalized spacial score (nSPS) is 29.1. The van der Waals surface area contributed by atoms with Crippen molar-refractivity contribution in [1.82, 2.24) is 4.90 Å². The number of aliphatic hydroxyl groups excluding tert-OH is 2. The number of nitrogens with zero attached hydrogens (tertiary/aromatic N) is 1. The van der Waals surface area contributed by atoms with E-state index in [9.17, 15) is 4.79 Å². The first-order valence-corrected chi connectivity index (χ1v) is 6.36. The standard InChI is InChI=1S/C12H24N2O3/c1-9-8-10(13)2-3-11(9)12(17)14(4-6-15)5-7-16/h9-11,15-16H,2-8,13H2,1H3. The Balaban J connectivity index is 2.59. The molecule has 5 heteroatoms. The third-order valence-corrected chi connectivity index (χ3v) is 3.58. The monoisotopic (exact) mass is 244 g/mol. The van der Waals surface area contributed by atoms with Gasteiger partial charge in [-0.25, -0.2) is 0 Å². The molecule has 0 aromatic rings. The van der Waals surface area contributed by atoms with Crippen LogP contribution in [0.25, 0.3) is 0 Å². The SMILES string of the molecule is CC1CC(N)CCC1C(=O)N(CCO)CCO. The summed E-state index contributed by atoms with van der Waals surface area (Å²) in [5, 5.41) is 17.8. The number of amides is 1. The summed E-state index contributed by atoms with van der Waals surface area (Å²) in [6, 6.07) is 0.207. The second-order valence-electron chi connectivity index (χ2n) is 4.93. The van der Waals surface area contributed by atoms with Crippen LogP contribution in [-0.2, 0) is 4.79 Å². The molecule has 0 heterocycles. The second kappa shape index (κ2) is 6.93. The van der Waals surface area contributed by atoms with E-state index in [0.29, 0.717) is 13.1 Å². The van der Waals surface area contributed by atoms with Crippen molar-refractivity contribution >= 4 is 5.91 Å². The highest BCUT2D eigenvalue weighted by atomic mass is 16.3. The minimum atomic E-state index is -0.0631. The maximum Gasteiger partial charge on any atom is 0.226 e. The van der Waals surface area contributed by atoms with Crippen molar-refractivity contribution in [3.63, 3.8) is 0 Å². The van der Waals surface area contributed by atoms with Crippen LogP contribution in [0.3, 0.4) is 0 Å². The Morgan fingerprint density at radius 1 is 1.29 bits per heavy atom. The van der Waals surface area contributed by atoms with Gasteiger partial charge in [0.1, 0.15) is 0 Å². The van der Waals surface area contributed by atoms with Crippen LogP contribution in [0, 0.1) is 11.8 Å². The molecular formula is C12H24N2O3. The smallest absolute Gasteiger partial charge is 0.226 e. The van der Waals surface area contributed by atoms with Crippen molar-refractivity contribution in [3.8, 4) is 0 Å². The molecule has 100 valence electrons. The molecule has 1 aliphatic carbocycles. The molecule has 0 bridgehead atoms. The Labute approximate surface area is 103 Å². The molecule has 4 N–H and O–H groups in total. The fourth-order valence-corrected chi connectivity index (χ4v) is 2.61. The molecule has 5 nitrogen and oxygen atoms in total. The van der Waals surface area contributed by atoms with E-state index in [-0.39, 0.29) is 37.0 Å². The van der Waals surface area contributed by atoms with Gasteiger partial charge in [-0.3, -0.25) is 4.79 Å². The van der Waals surface area contributed by atoms with Gasteiger partial charge in [-0.2, -0.15) is 0 Å². The maximum absolute atomic E-state index is 12.3. The van der Waals surface area contributed by atoms with Crippen LogP contribution in [0.1, 0.15) is 26.2 Å². The van der Waals surface area contributed by atoms with E-state index in [1.54, 1.807) is 4.90 Å². The number of aliphatic hydroxyl groups is 2. The Kier molecular flexibility index (Phi) is 5.88. The van der Waals surface area contributed by atoms with Crippen molar-refractivity contribution in [2.24, 2.45) is 17.6 Å². The zero-order chi connectivity index (χ0) is 12.8. The highest BCUT2D eigenvalue weighted by molar-refractivity contribution is 5.79. The first-order chi connectivity index (χ1) is 8.10. The van der Waals surface area contributed by atoms with E-state index in [0.717, 1.165) is 19.3 Å². The number of hydrogen-bond donors (Lipinski definition) is 3. The number of nitrogens with two attached hydrogens (primary N) is 1. The third kappa shape index (κ3) is 3.94. The van der Waals surface area contributed by atoms with Crippen molar-refractivity contribution in [2.45, 2.75) is 32.2 Å². The second-order valence-corrected chi connectivity index (χ2v) is 4.93. The summed E-state index contributed by atoms with van der Waals surface area (Å²) < 4.78 is 0. The lowest BCUT2D eigenvalue weighted by Crippen LogP contribution is -2.45. The lowest BCUT2D eigenvalue weighted by atomic mass is 9.77. The molecule has 1 saturated carbocycles. The highest BCUT2D eigenvalue weighted by Crippen LogP contribution is 2.30. The summed E-state index contributed by atoms with van der Waals surface area (Å²) in [4.78, 5) is 13.8. The van der Waals surface area contributed by atoms with Gasteiger partial charge < -0.3 is 20.8 Å². The van der Waals surface area contributed by atoms with Crippen LogP contribution >= 0.6 is 0 Å². The fourth-order valence-electron chi connectivity index (χ4n) is 2.61. The Morgan fingerprint density at radius 2 is 1.88 bits per heavy atom. The largest absolute Gasteiger partial charge is 0.395 e. The molecule has 3 atom stereocenters. The van der Waals surface area contributed by atoms with Crippen molar-refractivity contribution in [2.75, 3.05) is 26.3 Å². The van der Waals surface area contributed by atoms with Crippen LogP contribution in [0.5, 0.6) is 0 Å². The van der Waals surface area contributed by atoms with E-state index in [4.69, 9.17) is 15.9 Å². The molecule has 1 aliphatic rings. The van der Waals surface area contributed by atoms with Gasteiger partial charge >= 0.3 is 0 Å². The fraction of sp³-hybridized carbons (Fsp3) is 0.917. The summed E-state index contributed by atoms with van der Waals surface area (Å²) in [5.41, 5.74) is 5.88. The van der Waals surface area contributed by atoms with Crippen molar-refractivity contribution in [3.05, 3.63) is 0 Å². The van der Waals surface area contributed by atoms with Gasteiger partial charge in [-0.15, -0.1) is 0 Å². The number of rotatable bonds is 5. The van der Waals surface area contributed by atoms with E-state index in [1.807, 2.05) is 0 Å². The minimum Gasteiger partial charge on any atom is -0.395 e. The number of carbonyl (C=O) groups excluding carboxylic acids is 1. The van der Waals surface area contributed by atoms with Crippen LogP contribution in [0.2, 0.25) is 0 Å². The van der Waals surface area contributed by atoms with Gasteiger partial charge in [0.15, 0.2) is 0 Å². The molecule has 0 aromatic carbocycles. The maximum atomic E-state index is 12.3. The molecule has 0 aliphatic heterocycles. The van der Waals surface area contributed by atoms with Crippen LogP contribution in [-0.4, -0.2) is 53.4 Å². The quantitative estimate of drug-likeness (QED) is 0.612. The average Bonchev–Trinajstić information content (AvgIpc) is 2.28. The van der Waals surface area contributed by atoms with E-state index >= 15 is 0 Å². The molecule has 17 heavy (non-hydrogen) atoms. The van der Waals surface area contributed by atoms with Gasteiger partial charge in [0.25, 0.3) is 0 Å². The van der Waals surface area contributed by atoms with Crippen LogP contribution in [0.15, 0.2) is 0 Å². The van der Waals surface area contributed by atoms with E-state index in [2.05, 4.69) is 6.92 Å². The van der Waals surface area contributed by atoms with Gasteiger partial charge in [0.2, 0.25) is 5.91 Å². The summed E-state index contributed by atoms with van der Waals surface area (Å²) in [6.45, 7) is 2.53. The predicted octanol–water partition coefficient (Wildman–Crippen LogP) is -0.437. The van der Waals surface area contributed by atoms with Crippen molar-refractivity contribution in [1.29, 1.82) is 0 Å². The van der Waals surface area contributed by atoms with E-state index < -0.39 is 0 Å². The topological polar surface area (TPSA) is 86.8 Å². The first-order valence-electron chi connectivity index (χ1n) is 6.36. The summed E-state index contributed by atoms with van der Waals surface area (Å²) >= 11 is 0. The van der Waals surface area contributed by atoms with Gasteiger partial charge in [0, 0.05) is 25.0 Å². The zero-order valence-corrected chi connectivity index (χ0v) is 10.5. The van der Waals surface area contributed by atoms with Crippen molar-refractivity contribution < 1.29 is 15.0 Å². The predicted molar refractivity (Wildman–Crippen MR) is 65.2 cm³/mol. The van der Waals surface area contributed by atoms with Gasteiger partial charge in [-0.1, -0.05) is 6.92 Å². The minimum absolute atomic E-state index is 0.00657. The molecule has 1 fully saturated rings. The van der Waals surface area contributed by atoms with Crippen LogP contribution < -0.4 is 5.73 Å². The number of carbonyl (C=O) groups is 1. The molecule has 3 unspecified atom stereocenters. The van der Waals surface area contributed by atoms with E-state index in [1.165, 1.54) is 0 Å². The lowest BCUT2D eigenvalue weighted by molar-refractivity contribution is -0.139.